The molecule has 1 aliphatic carbocycles. The number of alkyl halides is 4. The number of benzene rings is 1. The molecule has 8 nitrogen and oxygen atoms in total. The molecule has 1 aliphatic heterocycles. The average molecular weight is 594 g/mol. The van der Waals surface area contributed by atoms with Crippen LogP contribution in [0.15, 0.2) is 41.4 Å². The number of ether oxygens (including phenoxy) is 1. The van der Waals surface area contributed by atoms with Gasteiger partial charge in [0.15, 0.2) is 15.5 Å². The maximum Gasteiger partial charge on any atom is 0.394 e. The number of nitrogens with one attached hydrogen (secondary N) is 2. The molecule has 3 heterocycles. The fourth-order valence-corrected chi connectivity index (χ4v) is 6.61. The molecule has 220 valence electrons. The van der Waals surface area contributed by atoms with E-state index in [0.29, 0.717) is 42.9 Å². The number of nitrogens with zero attached hydrogens (tertiary/aromatic N) is 3. The molecule has 2 aromatic heterocycles. The number of halogens is 4. The molecule has 5 rings (SSSR count). The number of hydrogen-bond acceptors (Lipinski definition) is 7. The topological polar surface area (TPSA) is 88.0 Å². The third-order valence-electron chi connectivity index (χ3n) is 7.24. The molecule has 2 aliphatic rings. The van der Waals surface area contributed by atoms with Crippen LogP contribution in [0.3, 0.4) is 0 Å². The first kappa shape index (κ1) is 29.0. The van der Waals surface area contributed by atoms with Gasteiger partial charge in [0.2, 0.25) is 0 Å². The fourth-order valence-electron chi connectivity index (χ4n) is 4.94. The van der Waals surface area contributed by atoms with Gasteiger partial charge in [-0.25, -0.2) is 17.8 Å². The zero-order valence-electron chi connectivity index (χ0n) is 22.6. The van der Waals surface area contributed by atoms with Crippen LogP contribution in [0.2, 0.25) is 0 Å². The normalized spacial score (nSPS) is 20.0. The van der Waals surface area contributed by atoms with E-state index in [2.05, 4.69) is 27.5 Å². The Labute approximate surface area is 236 Å². The summed E-state index contributed by atoms with van der Waals surface area (Å²) in [7, 11) is -0.136. The summed E-state index contributed by atoms with van der Waals surface area (Å²) in [6.45, 7) is 0.999. The second-order valence-corrected chi connectivity index (χ2v) is 12.6. The molecule has 41 heavy (non-hydrogen) atoms. The Morgan fingerprint density at radius 2 is 1.95 bits per heavy atom. The highest BCUT2D eigenvalue weighted by Gasteiger charge is 2.37. The van der Waals surface area contributed by atoms with E-state index in [-0.39, 0.29) is 40.3 Å². The first-order valence-corrected chi connectivity index (χ1v) is 14.8. The quantitative estimate of drug-likeness (QED) is 0.298. The summed E-state index contributed by atoms with van der Waals surface area (Å²) in [5.41, 5.74) is 1.02. The van der Waals surface area contributed by atoms with E-state index in [9.17, 15) is 26.0 Å². The Morgan fingerprint density at radius 3 is 2.63 bits per heavy atom. The SMILES string of the molecule is COc1cc(S(=O)(=O)C2CC2)ccc1NCC#Cc1nc2c(N[C@@H]3CCN(C)C[C@@H]3F)cccn2c1CC(F)(F)F. The number of methoxy groups -OCH3 is 1. The predicted molar refractivity (Wildman–Crippen MR) is 148 cm³/mol. The van der Waals surface area contributed by atoms with Crippen molar-refractivity contribution in [2.45, 2.75) is 54.2 Å². The van der Waals surface area contributed by atoms with Gasteiger partial charge in [0.25, 0.3) is 0 Å². The molecule has 0 unspecified atom stereocenters. The molecule has 2 fully saturated rings. The molecule has 3 aromatic rings. The molecule has 2 atom stereocenters. The van der Waals surface area contributed by atoms with E-state index in [1.807, 2.05) is 11.9 Å². The fraction of sp³-hybridized carbons (Fsp3) is 0.464. The highest BCUT2D eigenvalue weighted by Crippen LogP contribution is 2.36. The number of rotatable bonds is 8. The number of imidazole rings is 1. The Morgan fingerprint density at radius 1 is 1.17 bits per heavy atom. The van der Waals surface area contributed by atoms with Gasteiger partial charge >= 0.3 is 6.18 Å². The Hall–Kier alpha value is -3.50. The van der Waals surface area contributed by atoms with Gasteiger partial charge in [0.05, 0.1) is 53.3 Å². The smallest absolute Gasteiger partial charge is 0.394 e. The molecule has 0 radical (unpaired) electrons. The van der Waals surface area contributed by atoms with Crippen molar-refractivity contribution in [3.63, 3.8) is 0 Å². The van der Waals surface area contributed by atoms with Crippen LogP contribution in [0.5, 0.6) is 5.75 Å². The standard InChI is InChI=1S/C28H31F4N5O3S/c1-36-14-11-21(20(29)17-36)34-24-6-4-13-37-25(16-28(30,31)32)22(35-27(24)37)5-3-12-33-23-10-9-19(15-26(23)40-2)41(38,39)18-7-8-18/h4,6,9-10,13,15,18,20-21,33-34H,7-8,11-12,14,16-17H2,1-2H3/t20-,21+/m0/s1. The van der Waals surface area contributed by atoms with Crippen molar-refractivity contribution in [1.82, 2.24) is 14.3 Å². The van der Waals surface area contributed by atoms with Crippen molar-refractivity contribution < 1.29 is 30.7 Å². The minimum atomic E-state index is -4.50. The predicted octanol–water partition coefficient (Wildman–Crippen LogP) is 4.30. The zero-order valence-corrected chi connectivity index (χ0v) is 23.4. The summed E-state index contributed by atoms with van der Waals surface area (Å²) in [6.07, 6.45) is -3.55. The number of anilines is 2. The second-order valence-electron chi connectivity index (χ2n) is 10.4. The lowest BCUT2D eigenvalue weighted by Crippen LogP contribution is -2.46. The number of piperidine rings is 1. The van der Waals surface area contributed by atoms with Gasteiger partial charge in [-0.2, -0.15) is 13.2 Å². The molecule has 1 aromatic carbocycles. The van der Waals surface area contributed by atoms with Crippen LogP contribution in [0, 0.1) is 11.8 Å². The largest absolute Gasteiger partial charge is 0.495 e. The number of fused-ring (bicyclic) bond motifs is 1. The molecular formula is C28H31F4N5O3S. The Balaban J connectivity index is 1.38. The lowest BCUT2D eigenvalue weighted by Gasteiger charge is -2.33. The van der Waals surface area contributed by atoms with Gasteiger partial charge in [-0.05, 0) is 56.5 Å². The second kappa shape index (κ2) is 11.4. The summed E-state index contributed by atoms with van der Waals surface area (Å²) < 4.78 is 87.0. The van der Waals surface area contributed by atoms with E-state index < -0.39 is 34.6 Å². The van der Waals surface area contributed by atoms with Crippen molar-refractivity contribution in [3.8, 4) is 17.6 Å². The van der Waals surface area contributed by atoms with Gasteiger partial charge in [0, 0.05) is 25.4 Å². The third kappa shape index (κ3) is 6.54. The highest BCUT2D eigenvalue weighted by molar-refractivity contribution is 7.92. The Bertz CT molecular complexity index is 1590. The molecule has 13 heteroatoms. The molecule has 1 saturated heterocycles. The van der Waals surface area contributed by atoms with E-state index >= 15 is 0 Å². The molecular weight excluding hydrogens is 562 g/mol. The van der Waals surface area contributed by atoms with Crippen molar-refractivity contribution in [2.75, 3.05) is 44.4 Å². The molecule has 1 saturated carbocycles. The van der Waals surface area contributed by atoms with E-state index in [4.69, 9.17) is 4.74 Å². The summed E-state index contributed by atoms with van der Waals surface area (Å²) in [6, 6.07) is 7.30. The molecule has 2 N–H and O–H groups in total. The molecule has 0 bridgehead atoms. The van der Waals surface area contributed by atoms with Crippen LogP contribution in [0.25, 0.3) is 5.65 Å². The maximum atomic E-state index is 14.7. The monoisotopic (exact) mass is 593 g/mol. The van der Waals surface area contributed by atoms with Crippen LogP contribution in [-0.4, -0.2) is 80.1 Å². The summed E-state index contributed by atoms with van der Waals surface area (Å²) in [5.74, 6) is 5.87. The van der Waals surface area contributed by atoms with E-state index in [1.54, 1.807) is 18.2 Å². The van der Waals surface area contributed by atoms with Gasteiger partial charge in [-0.1, -0.05) is 5.92 Å². The summed E-state index contributed by atoms with van der Waals surface area (Å²) >= 11 is 0. The number of sulfone groups is 1. The van der Waals surface area contributed by atoms with E-state index in [0.717, 1.165) is 0 Å². The number of hydrogen-bond donors (Lipinski definition) is 2. The lowest BCUT2D eigenvalue weighted by molar-refractivity contribution is -0.128. The van der Waals surface area contributed by atoms with Gasteiger partial charge in [-0.3, -0.25) is 0 Å². The van der Waals surface area contributed by atoms with Crippen LogP contribution >= 0.6 is 0 Å². The summed E-state index contributed by atoms with van der Waals surface area (Å²) in [4.78, 5) is 6.49. The molecule has 0 spiro atoms. The molecule has 0 amide bonds. The zero-order chi connectivity index (χ0) is 29.4. The van der Waals surface area contributed by atoms with Crippen LogP contribution in [0.4, 0.5) is 28.9 Å². The minimum absolute atomic E-state index is 0.0311. The van der Waals surface area contributed by atoms with Gasteiger partial charge in [-0.15, -0.1) is 0 Å². The minimum Gasteiger partial charge on any atom is -0.495 e. The van der Waals surface area contributed by atoms with Gasteiger partial charge in [0.1, 0.15) is 17.6 Å². The first-order valence-electron chi connectivity index (χ1n) is 13.3. The number of aromatic nitrogens is 2. The average Bonchev–Trinajstić information content (AvgIpc) is 3.72. The van der Waals surface area contributed by atoms with E-state index in [1.165, 1.54) is 29.8 Å². The highest BCUT2D eigenvalue weighted by atomic mass is 32.2. The number of pyridine rings is 1. The van der Waals surface area contributed by atoms with Crippen LogP contribution in [0.1, 0.15) is 30.7 Å². The lowest BCUT2D eigenvalue weighted by atomic mass is 10.0. The number of likely N-dealkylation sites (tertiary alicyclic amines) is 1. The first-order chi connectivity index (χ1) is 19.5. The van der Waals surface area contributed by atoms with Crippen molar-refractivity contribution in [3.05, 3.63) is 47.9 Å². The van der Waals surface area contributed by atoms with Gasteiger partial charge < -0.3 is 24.7 Å². The van der Waals surface area contributed by atoms with Crippen molar-refractivity contribution in [1.29, 1.82) is 0 Å². The van der Waals surface area contributed by atoms with Crippen LogP contribution < -0.4 is 15.4 Å². The van der Waals surface area contributed by atoms with Crippen LogP contribution in [-0.2, 0) is 16.3 Å². The third-order valence-corrected chi connectivity index (χ3v) is 9.50. The van der Waals surface area contributed by atoms with Crippen molar-refractivity contribution in [2.24, 2.45) is 0 Å². The Kier molecular flexibility index (Phi) is 8.07. The summed E-state index contributed by atoms with van der Waals surface area (Å²) in [5, 5.41) is 5.81. The van der Waals surface area contributed by atoms with Crippen molar-refractivity contribution >= 4 is 26.9 Å². The maximum absolute atomic E-state index is 14.7.